The summed E-state index contributed by atoms with van der Waals surface area (Å²) >= 11 is 1.54. The number of carbonyl (C=O) groups excluding carboxylic acids is 2. The highest BCUT2D eigenvalue weighted by Gasteiger charge is 2.29. The zero-order chi connectivity index (χ0) is 22.0. The fourth-order valence-corrected chi connectivity index (χ4v) is 4.80. The summed E-state index contributed by atoms with van der Waals surface area (Å²) < 4.78 is 15.0. The fourth-order valence-electron chi connectivity index (χ4n) is 4.05. The maximum atomic E-state index is 13.1. The van der Waals surface area contributed by atoms with Crippen LogP contribution in [-0.2, 0) is 11.3 Å². The van der Waals surface area contributed by atoms with Crippen molar-refractivity contribution in [2.75, 3.05) is 13.1 Å². The number of amides is 2. The van der Waals surface area contributed by atoms with Crippen LogP contribution in [0, 0.1) is 25.6 Å². The number of halogens is 1. The highest BCUT2D eigenvalue weighted by Crippen LogP contribution is 2.25. The van der Waals surface area contributed by atoms with Gasteiger partial charge in [-0.2, -0.15) is 0 Å². The molecule has 0 saturated carbocycles. The molecule has 1 saturated heterocycles. The minimum atomic E-state index is -0.292. The number of rotatable bonds is 5. The van der Waals surface area contributed by atoms with Gasteiger partial charge in [-0.3, -0.25) is 14.2 Å². The molecule has 0 aliphatic carbocycles. The van der Waals surface area contributed by atoms with E-state index in [-0.39, 0.29) is 23.5 Å². The van der Waals surface area contributed by atoms with Crippen LogP contribution in [0.25, 0.3) is 5.13 Å². The average Bonchev–Trinajstić information content (AvgIpc) is 3.40. The topological polar surface area (TPSA) is 67.2 Å². The lowest BCUT2D eigenvalue weighted by molar-refractivity contribution is -0.126. The van der Waals surface area contributed by atoms with E-state index in [2.05, 4.69) is 10.3 Å². The fraction of sp³-hybridized carbons (Fsp3) is 0.348. The maximum Gasteiger partial charge on any atom is 0.255 e. The molecule has 0 radical (unpaired) electrons. The number of aryl methyl sites for hydroxylation is 1. The van der Waals surface area contributed by atoms with Crippen molar-refractivity contribution < 1.29 is 14.0 Å². The Morgan fingerprint density at radius 1 is 1.19 bits per heavy atom. The molecule has 1 aromatic carbocycles. The van der Waals surface area contributed by atoms with Crippen LogP contribution in [0.2, 0.25) is 0 Å². The van der Waals surface area contributed by atoms with Crippen LogP contribution in [0.15, 0.2) is 41.9 Å². The first-order chi connectivity index (χ1) is 14.9. The van der Waals surface area contributed by atoms with E-state index in [0.717, 1.165) is 22.1 Å². The summed E-state index contributed by atoms with van der Waals surface area (Å²) in [5.41, 5.74) is 3.41. The SMILES string of the molecule is Cc1cc(C(=O)N2CCC(C(=O)NCc3ccc(F)cc3)CC2)c(C)n1-c1nccs1. The summed E-state index contributed by atoms with van der Waals surface area (Å²) in [4.78, 5) is 31.8. The summed E-state index contributed by atoms with van der Waals surface area (Å²) in [5, 5.41) is 5.70. The highest BCUT2D eigenvalue weighted by atomic mass is 32.1. The van der Waals surface area contributed by atoms with E-state index in [9.17, 15) is 14.0 Å². The first-order valence-electron chi connectivity index (χ1n) is 10.3. The summed E-state index contributed by atoms with van der Waals surface area (Å²) in [6.07, 6.45) is 3.02. The van der Waals surface area contributed by atoms with Crippen molar-refractivity contribution in [3.8, 4) is 5.13 Å². The van der Waals surface area contributed by atoms with E-state index in [1.165, 1.54) is 23.5 Å². The van der Waals surface area contributed by atoms with Crippen LogP contribution in [0.3, 0.4) is 0 Å². The van der Waals surface area contributed by atoms with Crippen molar-refractivity contribution in [2.24, 2.45) is 5.92 Å². The Morgan fingerprint density at radius 2 is 1.90 bits per heavy atom. The second kappa shape index (κ2) is 9.01. The first-order valence-corrected chi connectivity index (χ1v) is 11.2. The second-order valence-corrected chi connectivity index (χ2v) is 8.72. The molecule has 0 spiro atoms. The van der Waals surface area contributed by atoms with Crippen molar-refractivity contribution in [2.45, 2.75) is 33.2 Å². The van der Waals surface area contributed by atoms with Crippen molar-refractivity contribution >= 4 is 23.2 Å². The smallest absolute Gasteiger partial charge is 0.255 e. The molecule has 0 unspecified atom stereocenters. The molecular weight excluding hydrogens is 415 g/mol. The standard InChI is InChI=1S/C23H25FN4O2S/c1-15-13-20(16(2)28(15)23-25-9-12-31-23)22(30)27-10-7-18(8-11-27)21(29)26-14-17-3-5-19(24)6-4-17/h3-6,9,12-13,18H,7-8,10-11,14H2,1-2H3,(H,26,29). The van der Waals surface area contributed by atoms with Gasteiger partial charge in [-0.05, 0) is 50.5 Å². The highest BCUT2D eigenvalue weighted by molar-refractivity contribution is 7.12. The zero-order valence-electron chi connectivity index (χ0n) is 17.6. The molecule has 2 aromatic heterocycles. The second-order valence-electron chi connectivity index (χ2n) is 7.85. The Bertz CT molecular complexity index is 1070. The van der Waals surface area contributed by atoms with Gasteiger partial charge in [0, 0.05) is 48.5 Å². The molecule has 0 bridgehead atoms. The number of nitrogens with zero attached hydrogens (tertiary/aromatic N) is 3. The van der Waals surface area contributed by atoms with Gasteiger partial charge in [0.15, 0.2) is 5.13 Å². The number of hydrogen-bond donors (Lipinski definition) is 1. The number of benzene rings is 1. The molecule has 162 valence electrons. The lowest BCUT2D eigenvalue weighted by atomic mass is 9.95. The summed E-state index contributed by atoms with van der Waals surface area (Å²) in [5.74, 6) is -0.425. The molecule has 1 fully saturated rings. The largest absolute Gasteiger partial charge is 0.352 e. The molecular formula is C23H25FN4O2S. The Hall–Kier alpha value is -3.00. The van der Waals surface area contributed by atoms with Gasteiger partial charge in [-0.25, -0.2) is 9.37 Å². The van der Waals surface area contributed by atoms with Crippen LogP contribution in [0.4, 0.5) is 4.39 Å². The van der Waals surface area contributed by atoms with Crippen LogP contribution in [-0.4, -0.2) is 39.4 Å². The maximum absolute atomic E-state index is 13.1. The number of piperidine rings is 1. The van der Waals surface area contributed by atoms with Crippen molar-refractivity contribution in [1.82, 2.24) is 19.8 Å². The molecule has 1 aliphatic heterocycles. The van der Waals surface area contributed by atoms with Gasteiger partial charge in [0.2, 0.25) is 5.91 Å². The molecule has 3 aromatic rings. The summed E-state index contributed by atoms with van der Waals surface area (Å²) in [7, 11) is 0. The lowest BCUT2D eigenvalue weighted by Gasteiger charge is -2.31. The normalized spacial score (nSPS) is 14.6. The van der Waals surface area contributed by atoms with E-state index in [0.29, 0.717) is 38.0 Å². The Balaban J connectivity index is 1.34. The summed E-state index contributed by atoms with van der Waals surface area (Å²) in [6, 6.07) is 8.02. The van der Waals surface area contributed by atoms with E-state index < -0.39 is 0 Å². The number of carbonyl (C=O) groups is 2. The molecule has 3 heterocycles. The van der Waals surface area contributed by atoms with Crippen LogP contribution >= 0.6 is 11.3 Å². The van der Waals surface area contributed by atoms with Gasteiger partial charge in [-0.15, -0.1) is 11.3 Å². The molecule has 1 aliphatic rings. The molecule has 4 rings (SSSR count). The third kappa shape index (κ3) is 4.54. The molecule has 0 atom stereocenters. The summed E-state index contributed by atoms with van der Waals surface area (Å²) in [6.45, 7) is 5.39. The molecule has 6 nitrogen and oxygen atoms in total. The minimum Gasteiger partial charge on any atom is -0.352 e. The van der Waals surface area contributed by atoms with Crippen molar-refractivity contribution in [3.05, 3.63) is 70.2 Å². The Morgan fingerprint density at radius 3 is 2.55 bits per heavy atom. The minimum absolute atomic E-state index is 0.000997. The van der Waals surface area contributed by atoms with Gasteiger partial charge in [-0.1, -0.05) is 12.1 Å². The average molecular weight is 441 g/mol. The van der Waals surface area contributed by atoms with Gasteiger partial charge in [0.05, 0.1) is 5.56 Å². The molecule has 1 N–H and O–H groups in total. The first kappa shape index (κ1) is 21.2. The number of likely N-dealkylation sites (tertiary alicyclic amines) is 1. The van der Waals surface area contributed by atoms with Gasteiger partial charge < -0.3 is 10.2 Å². The van der Waals surface area contributed by atoms with Crippen LogP contribution in [0.1, 0.15) is 40.2 Å². The predicted octanol–water partition coefficient (Wildman–Crippen LogP) is 3.86. The zero-order valence-corrected chi connectivity index (χ0v) is 18.4. The lowest BCUT2D eigenvalue weighted by Crippen LogP contribution is -2.43. The van der Waals surface area contributed by atoms with Crippen molar-refractivity contribution in [1.29, 1.82) is 0 Å². The van der Waals surface area contributed by atoms with Gasteiger partial charge in [0.1, 0.15) is 5.82 Å². The third-order valence-electron chi connectivity index (χ3n) is 5.81. The number of nitrogens with one attached hydrogen (secondary N) is 1. The molecule has 2 amide bonds. The van der Waals surface area contributed by atoms with Crippen LogP contribution in [0.5, 0.6) is 0 Å². The quantitative estimate of drug-likeness (QED) is 0.655. The van der Waals surface area contributed by atoms with E-state index >= 15 is 0 Å². The number of hydrogen-bond acceptors (Lipinski definition) is 4. The van der Waals surface area contributed by atoms with Crippen LogP contribution < -0.4 is 5.32 Å². The number of thiazole rings is 1. The molecule has 31 heavy (non-hydrogen) atoms. The van der Waals surface area contributed by atoms with Gasteiger partial charge >= 0.3 is 0 Å². The van der Waals surface area contributed by atoms with E-state index in [4.69, 9.17) is 0 Å². The number of aromatic nitrogens is 2. The monoisotopic (exact) mass is 440 g/mol. The molecule has 8 heteroatoms. The van der Waals surface area contributed by atoms with E-state index in [1.54, 1.807) is 18.3 Å². The van der Waals surface area contributed by atoms with E-state index in [1.807, 2.05) is 34.8 Å². The van der Waals surface area contributed by atoms with Crippen molar-refractivity contribution in [3.63, 3.8) is 0 Å². The third-order valence-corrected chi connectivity index (χ3v) is 6.56. The predicted molar refractivity (Wildman–Crippen MR) is 118 cm³/mol. The Kier molecular flexibility index (Phi) is 6.18. The Labute approximate surface area is 184 Å². The van der Waals surface area contributed by atoms with Gasteiger partial charge in [0.25, 0.3) is 5.91 Å².